The van der Waals surface area contributed by atoms with Crippen LogP contribution >= 0.6 is 0 Å². The lowest BCUT2D eigenvalue weighted by atomic mass is 10.1. The number of carbonyl (C=O) groups is 1. The Morgan fingerprint density at radius 3 is 2.52 bits per heavy atom. The molecule has 0 aliphatic carbocycles. The van der Waals surface area contributed by atoms with Gasteiger partial charge in [0.05, 0.1) is 35.0 Å². The van der Waals surface area contributed by atoms with Crippen LogP contribution in [0.3, 0.4) is 0 Å². The van der Waals surface area contributed by atoms with Gasteiger partial charge in [-0.05, 0) is 42.5 Å². The third-order valence-electron chi connectivity index (χ3n) is 3.99. The normalized spacial score (nSPS) is 10.7. The molecule has 0 saturated carbocycles. The van der Waals surface area contributed by atoms with Gasteiger partial charge < -0.3 is 10.1 Å². The van der Waals surface area contributed by atoms with E-state index in [9.17, 15) is 18.0 Å². The van der Waals surface area contributed by atoms with Crippen molar-refractivity contribution in [1.29, 1.82) is 10.5 Å². The van der Waals surface area contributed by atoms with Crippen molar-refractivity contribution >= 4 is 11.6 Å². The molecule has 0 aliphatic rings. The Labute approximate surface area is 174 Å². The average molecular weight is 426 g/mol. The van der Waals surface area contributed by atoms with Crippen LogP contribution in [-0.2, 0) is 24.1 Å². The Bertz CT molecular complexity index is 1170. The summed E-state index contributed by atoms with van der Waals surface area (Å²) in [7, 11) is 0. The van der Waals surface area contributed by atoms with Gasteiger partial charge in [-0.2, -0.15) is 23.7 Å². The Balaban J connectivity index is 1.58. The summed E-state index contributed by atoms with van der Waals surface area (Å²) in [5.74, 6) is -0.102. The summed E-state index contributed by atoms with van der Waals surface area (Å²) in [6, 6.07) is 12.8. The highest BCUT2D eigenvalue weighted by Crippen LogP contribution is 2.33. The summed E-state index contributed by atoms with van der Waals surface area (Å²) in [5, 5.41) is 27.6. The number of rotatable bonds is 6. The second kappa shape index (κ2) is 8.97. The summed E-state index contributed by atoms with van der Waals surface area (Å²) in [6.07, 6.45) is -3.26. The van der Waals surface area contributed by atoms with E-state index in [4.69, 9.17) is 15.3 Å². The number of aromatic nitrogens is 3. The second-order valence-electron chi connectivity index (χ2n) is 6.25. The van der Waals surface area contributed by atoms with Crippen molar-refractivity contribution in [3.05, 3.63) is 71.0 Å². The van der Waals surface area contributed by atoms with Crippen molar-refractivity contribution in [3.8, 4) is 17.9 Å². The Kier molecular flexibility index (Phi) is 6.17. The number of halogens is 3. The molecular weight excluding hydrogens is 413 g/mol. The second-order valence-corrected chi connectivity index (χ2v) is 6.25. The highest BCUT2D eigenvalue weighted by atomic mass is 19.4. The fraction of sp³-hybridized carbons (Fsp3) is 0.150. The van der Waals surface area contributed by atoms with E-state index < -0.39 is 23.2 Å². The topological polar surface area (TPSA) is 117 Å². The van der Waals surface area contributed by atoms with Crippen molar-refractivity contribution in [2.24, 2.45) is 0 Å². The van der Waals surface area contributed by atoms with Gasteiger partial charge in [-0.3, -0.25) is 4.79 Å². The maximum atomic E-state index is 13.0. The predicted octanol–water partition coefficient (Wildman–Crippen LogP) is 3.26. The zero-order valence-electron chi connectivity index (χ0n) is 15.7. The molecule has 0 atom stereocenters. The summed E-state index contributed by atoms with van der Waals surface area (Å²) < 4.78 is 45.8. The standard InChI is InChI=1S/C20H13F3N6O2/c21-20(22,23)18-7-15(4-3-14(18)9-25)26-19(30)11-29-10-16(27-28-29)12-31-17-5-1-13(8-24)2-6-17/h1-7,10H,11-12H2,(H,26,30). The van der Waals surface area contributed by atoms with E-state index >= 15 is 0 Å². The zero-order valence-corrected chi connectivity index (χ0v) is 15.7. The molecule has 0 unspecified atom stereocenters. The van der Waals surface area contributed by atoms with Crippen LogP contribution in [0, 0.1) is 22.7 Å². The third-order valence-corrected chi connectivity index (χ3v) is 3.99. The molecule has 0 fully saturated rings. The number of benzene rings is 2. The highest BCUT2D eigenvalue weighted by molar-refractivity contribution is 5.90. The summed E-state index contributed by atoms with van der Waals surface area (Å²) in [5.41, 5.74) is -0.839. The van der Waals surface area contributed by atoms with Crippen molar-refractivity contribution in [1.82, 2.24) is 15.0 Å². The number of hydrogen-bond donors (Lipinski definition) is 1. The van der Waals surface area contributed by atoms with Crippen LogP contribution in [0.2, 0.25) is 0 Å². The first kappa shape index (κ1) is 21.3. The summed E-state index contributed by atoms with van der Waals surface area (Å²) in [4.78, 5) is 12.1. The zero-order chi connectivity index (χ0) is 22.4. The number of hydrogen-bond acceptors (Lipinski definition) is 6. The number of amides is 1. The van der Waals surface area contributed by atoms with Crippen LogP contribution in [0.1, 0.15) is 22.4 Å². The monoisotopic (exact) mass is 426 g/mol. The molecule has 1 heterocycles. The minimum absolute atomic E-state index is 0.0675. The number of nitrogens with zero attached hydrogens (tertiary/aromatic N) is 5. The fourth-order valence-corrected chi connectivity index (χ4v) is 2.57. The lowest BCUT2D eigenvalue weighted by molar-refractivity contribution is -0.137. The summed E-state index contributed by atoms with van der Waals surface area (Å²) >= 11 is 0. The molecule has 0 aliphatic heterocycles. The number of alkyl halides is 3. The van der Waals surface area contributed by atoms with Gasteiger partial charge in [-0.25, -0.2) is 4.68 Å². The molecule has 0 radical (unpaired) electrons. The van der Waals surface area contributed by atoms with Crippen LogP contribution in [0.4, 0.5) is 18.9 Å². The van der Waals surface area contributed by atoms with Gasteiger partial charge in [0.2, 0.25) is 5.91 Å². The summed E-state index contributed by atoms with van der Waals surface area (Å²) in [6.45, 7) is -0.219. The van der Waals surface area contributed by atoms with E-state index in [0.29, 0.717) is 23.1 Å². The molecular formula is C20H13F3N6O2. The molecule has 1 aromatic heterocycles. The third kappa shape index (κ3) is 5.58. The van der Waals surface area contributed by atoms with Gasteiger partial charge >= 0.3 is 6.18 Å². The predicted molar refractivity (Wildman–Crippen MR) is 100 cm³/mol. The van der Waals surface area contributed by atoms with Gasteiger partial charge in [0.15, 0.2) is 0 Å². The fourth-order valence-electron chi connectivity index (χ4n) is 2.57. The maximum absolute atomic E-state index is 13.0. The van der Waals surface area contributed by atoms with E-state index in [-0.39, 0.29) is 18.8 Å². The molecule has 0 bridgehead atoms. The molecule has 0 spiro atoms. The van der Waals surface area contributed by atoms with Crippen LogP contribution in [0.25, 0.3) is 0 Å². The maximum Gasteiger partial charge on any atom is 0.417 e. The lowest BCUT2D eigenvalue weighted by Gasteiger charge is -2.11. The molecule has 8 nitrogen and oxygen atoms in total. The molecule has 3 rings (SSSR count). The first-order chi connectivity index (χ1) is 14.8. The first-order valence-corrected chi connectivity index (χ1v) is 8.71. The van der Waals surface area contributed by atoms with Crippen LogP contribution in [-0.4, -0.2) is 20.9 Å². The van der Waals surface area contributed by atoms with Gasteiger partial charge in [-0.15, -0.1) is 5.10 Å². The molecule has 2 aromatic carbocycles. The van der Waals surface area contributed by atoms with Crippen LogP contribution in [0.15, 0.2) is 48.7 Å². The number of anilines is 1. The average Bonchev–Trinajstić information content (AvgIpc) is 3.19. The SMILES string of the molecule is N#Cc1ccc(OCc2cn(CC(=O)Nc3ccc(C#N)c(C(F)(F)F)c3)nn2)cc1. The quantitative estimate of drug-likeness (QED) is 0.647. The van der Waals surface area contributed by atoms with Gasteiger partial charge in [0.1, 0.15) is 24.6 Å². The molecule has 31 heavy (non-hydrogen) atoms. The number of nitrogens with one attached hydrogen (secondary N) is 1. The number of ether oxygens (including phenoxy) is 1. The van der Waals surface area contributed by atoms with Crippen molar-refractivity contribution in [3.63, 3.8) is 0 Å². The van der Waals surface area contributed by atoms with E-state index in [1.165, 1.54) is 23.0 Å². The first-order valence-electron chi connectivity index (χ1n) is 8.71. The number of carbonyl (C=O) groups excluding carboxylic acids is 1. The van der Waals surface area contributed by atoms with E-state index in [0.717, 1.165) is 6.07 Å². The Hall–Kier alpha value is -4.38. The lowest BCUT2D eigenvalue weighted by Crippen LogP contribution is -2.19. The minimum atomic E-state index is -4.72. The molecule has 1 N–H and O–H groups in total. The Morgan fingerprint density at radius 2 is 1.87 bits per heavy atom. The molecule has 0 saturated heterocycles. The molecule has 3 aromatic rings. The van der Waals surface area contributed by atoms with Crippen molar-refractivity contribution in [2.75, 3.05) is 5.32 Å². The minimum Gasteiger partial charge on any atom is -0.487 e. The smallest absolute Gasteiger partial charge is 0.417 e. The largest absolute Gasteiger partial charge is 0.487 e. The van der Waals surface area contributed by atoms with Gasteiger partial charge in [0.25, 0.3) is 0 Å². The van der Waals surface area contributed by atoms with Gasteiger partial charge in [-0.1, -0.05) is 5.21 Å². The van der Waals surface area contributed by atoms with Crippen LogP contribution in [0.5, 0.6) is 5.75 Å². The van der Waals surface area contributed by atoms with E-state index in [1.807, 2.05) is 6.07 Å². The van der Waals surface area contributed by atoms with Crippen LogP contribution < -0.4 is 10.1 Å². The van der Waals surface area contributed by atoms with Gasteiger partial charge in [0, 0.05) is 5.69 Å². The highest BCUT2D eigenvalue weighted by Gasteiger charge is 2.34. The molecule has 156 valence electrons. The van der Waals surface area contributed by atoms with E-state index in [2.05, 4.69) is 15.6 Å². The molecule has 11 heteroatoms. The van der Waals surface area contributed by atoms with Crippen molar-refractivity contribution in [2.45, 2.75) is 19.3 Å². The van der Waals surface area contributed by atoms with Crippen molar-refractivity contribution < 1.29 is 22.7 Å². The molecule has 1 amide bonds. The Morgan fingerprint density at radius 1 is 1.13 bits per heavy atom. The van der Waals surface area contributed by atoms with E-state index in [1.54, 1.807) is 24.3 Å². The number of nitriles is 2.